The maximum absolute atomic E-state index is 4.61. The van der Waals surface area contributed by atoms with Crippen LogP contribution in [0.15, 0.2) is 35.3 Å². The van der Waals surface area contributed by atoms with Crippen molar-refractivity contribution in [3.8, 4) is 0 Å². The molecule has 2 heterocycles. The number of guanidine groups is 1. The van der Waals surface area contributed by atoms with Crippen LogP contribution in [0.1, 0.15) is 30.1 Å². The van der Waals surface area contributed by atoms with E-state index in [-0.39, 0.29) is 0 Å². The van der Waals surface area contributed by atoms with Crippen LogP contribution in [0.2, 0.25) is 0 Å². The third kappa shape index (κ3) is 5.32. The molecule has 0 atom stereocenters. The lowest BCUT2D eigenvalue weighted by atomic mass is 10.3. The summed E-state index contributed by atoms with van der Waals surface area (Å²) >= 11 is 0. The smallest absolute Gasteiger partial charge is 0.190 e. The molecule has 0 amide bonds. The summed E-state index contributed by atoms with van der Waals surface area (Å²) in [5.74, 6) is 1.87. The van der Waals surface area contributed by atoms with Crippen molar-refractivity contribution in [2.24, 2.45) is 4.99 Å². The molecular weight excluding hydrogens is 338 g/mol. The molecule has 27 heavy (non-hydrogen) atoms. The Kier molecular flexibility index (Phi) is 6.46. The van der Waals surface area contributed by atoms with Crippen LogP contribution >= 0.6 is 0 Å². The van der Waals surface area contributed by atoms with Crippen LogP contribution < -0.4 is 10.6 Å². The number of nitrogens with one attached hydrogen (secondary N) is 3. The van der Waals surface area contributed by atoms with Crippen molar-refractivity contribution >= 4 is 17.0 Å². The number of aromatic nitrogens is 4. The number of imidazole rings is 1. The minimum absolute atomic E-state index is 0.841. The van der Waals surface area contributed by atoms with Crippen molar-refractivity contribution in [3.05, 3.63) is 47.5 Å². The first-order valence-electron chi connectivity index (χ1n) is 9.55. The van der Waals surface area contributed by atoms with Crippen molar-refractivity contribution in [3.63, 3.8) is 0 Å². The second-order valence-corrected chi connectivity index (χ2v) is 6.73. The summed E-state index contributed by atoms with van der Waals surface area (Å²) in [4.78, 5) is 12.3. The molecule has 3 N–H and O–H groups in total. The Morgan fingerprint density at radius 2 is 1.93 bits per heavy atom. The molecule has 3 rings (SSSR count). The van der Waals surface area contributed by atoms with Gasteiger partial charge in [-0.25, -0.2) is 4.98 Å². The zero-order valence-corrected chi connectivity index (χ0v) is 16.4. The van der Waals surface area contributed by atoms with Crippen molar-refractivity contribution in [1.29, 1.82) is 0 Å². The van der Waals surface area contributed by atoms with E-state index in [1.54, 1.807) is 7.05 Å². The number of aromatic amines is 1. The van der Waals surface area contributed by atoms with E-state index in [0.717, 1.165) is 67.4 Å². The van der Waals surface area contributed by atoms with Gasteiger partial charge in [0.15, 0.2) is 5.96 Å². The highest BCUT2D eigenvalue weighted by Crippen LogP contribution is 2.11. The van der Waals surface area contributed by atoms with E-state index >= 15 is 0 Å². The van der Waals surface area contributed by atoms with Gasteiger partial charge in [0.05, 0.1) is 16.7 Å². The maximum atomic E-state index is 4.61. The Morgan fingerprint density at radius 3 is 2.63 bits per heavy atom. The van der Waals surface area contributed by atoms with Crippen molar-refractivity contribution in [1.82, 2.24) is 30.4 Å². The highest BCUT2D eigenvalue weighted by atomic mass is 15.3. The Bertz CT molecular complexity index is 858. The van der Waals surface area contributed by atoms with Crippen molar-refractivity contribution in [2.75, 3.05) is 20.1 Å². The average molecular weight is 368 g/mol. The van der Waals surface area contributed by atoms with Gasteiger partial charge in [0.1, 0.15) is 5.82 Å². The zero-order valence-electron chi connectivity index (χ0n) is 16.4. The van der Waals surface area contributed by atoms with Gasteiger partial charge in [0.25, 0.3) is 0 Å². The number of fused-ring (bicyclic) bond motifs is 1. The third-order valence-corrected chi connectivity index (χ3v) is 4.49. The van der Waals surface area contributed by atoms with Crippen LogP contribution in [0.4, 0.5) is 0 Å². The van der Waals surface area contributed by atoms with Crippen LogP contribution in [0.25, 0.3) is 11.0 Å². The van der Waals surface area contributed by atoms with E-state index < -0.39 is 0 Å². The van der Waals surface area contributed by atoms with Gasteiger partial charge in [0, 0.05) is 38.8 Å². The topological polar surface area (TPSA) is 82.9 Å². The largest absolute Gasteiger partial charge is 0.356 e. The van der Waals surface area contributed by atoms with Crippen molar-refractivity contribution in [2.45, 2.75) is 39.7 Å². The lowest BCUT2D eigenvalue weighted by Crippen LogP contribution is -2.38. The molecule has 0 radical (unpaired) electrons. The minimum atomic E-state index is 0.841. The lowest BCUT2D eigenvalue weighted by molar-refractivity contribution is 0.555. The third-order valence-electron chi connectivity index (χ3n) is 4.49. The minimum Gasteiger partial charge on any atom is -0.356 e. The average Bonchev–Trinajstić information content (AvgIpc) is 3.22. The Hall–Kier alpha value is -2.83. The van der Waals surface area contributed by atoms with E-state index in [9.17, 15) is 0 Å². The highest BCUT2D eigenvalue weighted by molar-refractivity contribution is 5.79. The van der Waals surface area contributed by atoms with Gasteiger partial charge < -0.3 is 15.6 Å². The summed E-state index contributed by atoms with van der Waals surface area (Å²) in [5, 5.41) is 11.2. The van der Waals surface area contributed by atoms with Gasteiger partial charge in [-0.3, -0.25) is 9.67 Å². The van der Waals surface area contributed by atoms with Gasteiger partial charge >= 0.3 is 0 Å². The number of H-pyrrole nitrogens is 1. The molecule has 0 aliphatic carbocycles. The van der Waals surface area contributed by atoms with Gasteiger partial charge in [-0.05, 0) is 44.9 Å². The molecule has 2 aromatic heterocycles. The van der Waals surface area contributed by atoms with Crippen LogP contribution in [0, 0.1) is 13.8 Å². The molecule has 0 fully saturated rings. The zero-order chi connectivity index (χ0) is 19.1. The molecule has 0 aliphatic rings. The van der Waals surface area contributed by atoms with E-state index in [1.165, 1.54) is 5.69 Å². The normalized spacial score (nSPS) is 11.9. The monoisotopic (exact) mass is 367 g/mol. The molecule has 1 aromatic carbocycles. The van der Waals surface area contributed by atoms with Crippen LogP contribution in [0.5, 0.6) is 0 Å². The number of rotatable bonds is 8. The Balaban J connectivity index is 1.33. The molecule has 0 bridgehead atoms. The summed E-state index contributed by atoms with van der Waals surface area (Å²) in [7, 11) is 1.80. The molecule has 7 nitrogen and oxygen atoms in total. The van der Waals surface area contributed by atoms with E-state index in [4.69, 9.17) is 0 Å². The molecule has 0 saturated heterocycles. The second kappa shape index (κ2) is 9.21. The summed E-state index contributed by atoms with van der Waals surface area (Å²) in [6, 6.07) is 10.2. The summed E-state index contributed by atoms with van der Waals surface area (Å²) in [6.45, 7) is 6.75. The van der Waals surface area contributed by atoms with Gasteiger partial charge in [-0.15, -0.1) is 0 Å². The molecule has 0 spiro atoms. The number of benzene rings is 1. The standard InChI is InChI=1S/C20H29N7/c1-15-14-16(2)27(26-15)13-7-12-23-20(21-3)22-11-6-10-19-24-17-8-4-5-9-18(17)25-19/h4-5,8-9,14H,6-7,10-13H2,1-3H3,(H,24,25)(H2,21,22,23). The Labute approximate surface area is 160 Å². The fourth-order valence-electron chi connectivity index (χ4n) is 3.14. The quantitative estimate of drug-likeness (QED) is 0.325. The van der Waals surface area contributed by atoms with E-state index in [1.807, 2.05) is 25.1 Å². The lowest BCUT2D eigenvalue weighted by Gasteiger charge is -2.12. The first kappa shape index (κ1) is 18.9. The van der Waals surface area contributed by atoms with Gasteiger partial charge in [0.2, 0.25) is 0 Å². The van der Waals surface area contributed by atoms with Crippen LogP contribution in [0.3, 0.4) is 0 Å². The summed E-state index contributed by atoms with van der Waals surface area (Å²) < 4.78 is 2.06. The van der Waals surface area contributed by atoms with E-state index in [2.05, 4.69) is 54.4 Å². The molecular formula is C20H29N7. The molecule has 7 heteroatoms. The number of hydrogen-bond acceptors (Lipinski definition) is 3. The number of para-hydroxylation sites is 2. The molecule has 0 unspecified atom stereocenters. The molecule has 0 saturated carbocycles. The fourth-order valence-corrected chi connectivity index (χ4v) is 3.14. The number of aliphatic imine (C=N–C) groups is 1. The fraction of sp³-hybridized carbons (Fsp3) is 0.450. The number of aryl methyl sites for hydroxylation is 4. The number of nitrogens with zero attached hydrogens (tertiary/aromatic N) is 4. The molecule has 3 aromatic rings. The first-order chi connectivity index (χ1) is 13.2. The van der Waals surface area contributed by atoms with Crippen LogP contribution in [-0.2, 0) is 13.0 Å². The SMILES string of the molecule is CN=C(NCCCc1nc2ccccc2[nH]1)NCCCn1nc(C)cc1C. The highest BCUT2D eigenvalue weighted by Gasteiger charge is 2.03. The predicted octanol–water partition coefficient (Wildman–Crippen LogP) is 2.56. The van der Waals surface area contributed by atoms with Crippen LogP contribution in [-0.4, -0.2) is 45.8 Å². The molecule has 0 aliphatic heterocycles. The van der Waals surface area contributed by atoms with E-state index in [0.29, 0.717) is 0 Å². The summed E-state index contributed by atoms with van der Waals surface area (Å²) in [6.07, 6.45) is 2.91. The number of hydrogen-bond donors (Lipinski definition) is 3. The Morgan fingerprint density at radius 1 is 1.15 bits per heavy atom. The van der Waals surface area contributed by atoms with Crippen molar-refractivity contribution < 1.29 is 0 Å². The molecule has 144 valence electrons. The summed E-state index contributed by atoms with van der Waals surface area (Å²) in [5.41, 5.74) is 4.41. The van der Waals surface area contributed by atoms with Gasteiger partial charge in [-0.1, -0.05) is 12.1 Å². The first-order valence-corrected chi connectivity index (χ1v) is 9.55. The van der Waals surface area contributed by atoms with Gasteiger partial charge in [-0.2, -0.15) is 5.10 Å². The maximum Gasteiger partial charge on any atom is 0.190 e. The second-order valence-electron chi connectivity index (χ2n) is 6.73. The predicted molar refractivity (Wildman–Crippen MR) is 110 cm³/mol.